The molecule has 0 heterocycles. The molecule has 0 aliphatic heterocycles. The van der Waals surface area contributed by atoms with Crippen LogP contribution in [0.15, 0.2) is 0 Å². The smallest absolute Gasteiger partial charge is 0.292 e. The van der Waals surface area contributed by atoms with Crippen LogP contribution >= 0.6 is 0 Å². The summed E-state index contributed by atoms with van der Waals surface area (Å²) in [5.74, 6) is 0.438. The minimum absolute atomic E-state index is 0.0138. The molecular weight excluding hydrogens is 196 g/mol. The molecule has 2 nitrogen and oxygen atoms in total. The Balaban J connectivity index is 3.49. The molecule has 0 fully saturated rings. The molecule has 0 amide bonds. The van der Waals surface area contributed by atoms with Gasteiger partial charge >= 0.3 is 0 Å². The van der Waals surface area contributed by atoms with Crippen LogP contribution in [0.4, 0.5) is 0 Å². The van der Waals surface area contributed by atoms with Crippen molar-refractivity contribution in [2.45, 2.75) is 45.6 Å². The predicted octanol–water partition coefficient (Wildman–Crippen LogP) is 1.96. The largest absolute Gasteiger partial charge is 0.525 e. The van der Waals surface area contributed by atoms with Crippen molar-refractivity contribution in [3.8, 4) is 0 Å². The first-order valence-corrected chi connectivity index (χ1v) is 10.3. The zero-order chi connectivity index (χ0) is 10.5. The highest BCUT2D eigenvalue weighted by atomic mass is 28.4. The minimum Gasteiger partial charge on any atom is -0.525 e. The quantitative estimate of drug-likeness (QED) is 0.659. The van der Waals surface area contributed by atoms with Crippen LogP contribution in [0.25, 0.3) is 0 Å². The third-order valence-electron chi connectivity index (χ3n) is 1.69. The van der Waals surface area contributed by atoms with Gasteiger partial charge < -0.3 is 4.43 Å². The monoisotopic (exact) mass is 218 g/mol. The minimum atomic E-state index is -0.979. The maximum Gasteiger partial charge on any atom is 0.292 e. The SMILES string of the molecule is CC(C)CC(=O)O[SiH2]C[Si](C)(C)C. The van der Waals surface area contributed by atoms with Gasteiger partial charge in [-0.1, -0.05) is 33.5 Å². The Morgan fingerprint density at radius 2 is 1.92 bits per heavy atom. The summed E-state index contributed by atoms with van der Waals surface area (Å²) in [5.41, 5.74) is 1.21. The Morgan fingerprint density at radius 1 is 1.38 bits per heavy atom. The summed E-state index contributed by atoms with van der Waals surface area (Å²) in [5, 5.41) is 0. The summed E-state index contributed by atoms with van der Waals surface area (Å²) in [7, 11) is -1.55. The molecule has 0 saturated carbocycles. The highest BCUT2D eigenvalue weighted by molar-refractivity contribution is 6.82. The third-order valence-corrected chi connectivity index (χ3v) is 9.03. The van der Waals surface area contributed by atoms with Crippen molar-refractivity contribution in [1.29, 1.82) is 0 Å². The molecule has 0 spiro atoms. The zero-order valence-corrected chi connectivity index (χ0v) is 11.9. The maximum absolute atomic E-state index is 11.2. The van der Waals surface area contributed by atoms with Crippen LogP contribution in [0.2, 0.25) is 25.3 Å². The maximum atomic E-state index is 11.2. The first-order valence-electron chi connectivity index (χ1n) is 4.97. The fourth-order valence-corrected chi connectivity index (χ4v) is 4.07. The molecule has 0 bridgehead atoms. The van der Waals surface area contributed by atoms with Crippen molar-refractivity contribution in [3.63, 3.8) is 0 Å². The number of carbonyl (C=O) groups excluding carboxylic acids is 1. The van der Waals surface area contributed by atoms with Gasteiger partial charge in [-0.25, -0.2) is 0 Å². The average molecular weight is 218 g/mol. The molecule has 0 radical (unpaired) electrons. The van der Waals surface area contributed by atoms with Gasteiger partial charge in [0.2, 0.25) is 9.76 Å². The van der Waals surface area contributed by atoms with Crippen LogP contribution in [-0.4, -0.2) is 23.8 Å². The molecular formula is C9H22O2Si2. The second-order valence-electron chi connectivity index (χ2n) is 5.13. The van der Waals surface area contributed by atoms with E-state index in [1.54, 1.807) is 0 Å². The van der Waals surface area contributed by atoms with Gasteiger partial charge in [0.1, 0.15) is 0 Å². The Bertz CT molecular complexity index is 161. The van der Waals surface area contributed by atoms with Crippen LogP contribution in [-0.2, 0) is 9.22 Å². The highest BCUT2D eigenvalue weighted by Gasteiger charge is 2.14. The normalized spacial score (nSPS) is 12.8. The van der Waals surface area contributed by atoms with E-state index >= 15 is 0 Å². The molecule has 0 aromatic carbocycles. The van der Waals surface area contributed by atoms with E-state index in [1.807, 2.05) is 13.8 Å². The molecule has 0 rings (SSSR count). The lowest BCUT2D eigenvalue weighted by atomic mass is 10.1. The van der Waals surface area contributed by atoms with E-state index in [9.17, 15) is 4.79 Å². The predicted molar refractivity (Wildman–Crippen MR) is 62.2 cm³/mol. The molecule has 13 heavy (non-hydrogen) atoms. The van der Waals surface area contributed by atoms with E-state index in [2.05, 4.69) is 19.6 Å². The summed E-state index contributed by atoms with van der Waals surface area (Å²) in [4.78, 5) is 11.2. The molecule has 0 saturated heterocycles. The fraction of sp³-hybridized carbons (Fsp3) is 0.889. The van der Waals surface area contributed by atoms with E-state index < -0.39 is 17.8 Å². The summed E-state index contributed by atoms with van der Waals surface area (Å²) in [6.45, 7) is 11.0. The van der Waals surface area contributed by atoms with E-state index in [0.717, 1.165) is 0 Å². The summed E-state index contributed by atoms with van der Waals surface area (Å²) in [6, 6.07) is 0. The lowest BCUT2D eigenvalue weighted by molar-refractivity contribution is -0.135. The first-order chi connectivity index (χ1) is 5.81. The molecule has 0 aromatic heterocycles. The molecule has 0 N–H and O–H groups in total. The van der Waals surface area contributed by atoms with Crippen LogP contribution < -0.4 is 0 Å². The Hall–Kier alpha value is -0.0962. The van der Waals surface area contributed by atoms with Gasteiger partial charge in [0.25, 0.3) is 5.97 Å². The molecule has 0 aliphatic rings. The van der Waals surface area contributed by atoms with Gasteiger partial charge in [-0.3, -0.25) is 4.79 Å². The van der Waals surface area contributed by atoms with Crippen LogP contribution in [0.1, 0.15) is 20.3 Å². The van der Waals surface area contributed by atoms with E-state index in [4.69, 9.17) is 4.43 Å². The molecule has 0 unspecified atom stereocenters. The van der Waals surface area contributed by atoms with E-state index in [1.165, 1.54) is 5.67 Å². The average Bonchev–Trinajstić information content (AvgIpc) is 1.81. The summed E-state index contributed by atoms with van der Waals surface area (Å²) >= 11 is 0. The van der Waals surface area contributed by atoms with Crippen molar-refractivity contribution < 1.29 is 9.22 Å². The van der Waals surface area contributed by atoms with Crippen molar-refractivity contribution in [3.05, 3.63) is 0 Å². The van der Waals surface area contributed by atoms with Crippen LogP contribution in [0, 0.1) is 5.92 Å². The van der Waals surface area contributed by atoms with Crippen LogP contribution in [0.5, 0.6) is 0 Å². The Kier molecular flexibility index (Phi) is 5.55. The molecule has 4 heteroatoms. The van der Waals surface area contributed by atoms with E-state index in [0.29, 0.717) is 12.3 Å². The molecule has 0 aromatic rings. The number of rotatable bonds is 5. The highest BCUT2D eigenvalue weighted by Crippen LogP contribution is 2.07. The summed E-state index contributed by atoms with van der Waals surface area (Å²) in [6.07, 6.45) is 0.582. The number of hydrogen-bond acceptors (Lipinski definition) is 2. The number of carbonyl (C=O) groups is 1. The third kappa shape index (κ3) is 9.82. The first kappa shape index (κ1) is 12.9. The molecule has 0 aliphatic carbocycles. The van der Waals surface area contributed by atoms with Gasteiger partial charge in [-0.05, 0) is 11.6 Å². The summed E-state index contributed by atoms with van der Waals surface area (Å²) < 4.78 is 5.26. The Morgan fingerprint density at radius 3 is 2.31 bits per heavy atom. The van der Waals surface area contributed by atoms with Crippen LogP contribution in [0.3, 0.4) is 0 Å². The second kappa shape index (κ2) is 5.60. The number of hydrogen-bond donors (Lipinski definition) is 0. The second-order valence-corrected chi connectivity index (χ2v) is 12.9. The lowest BCUT2D eigenvalue weighted by Gasteiger charge is -2.15. The van der Waals surface area contributed by atoms with Gasteiger partial charge in [0.15, 0.2) is 0 Å². The van der Waals surface area contributed by atoms with Crippen molar-refractivity contribution in [2.24, 2.45) is 5.92 Å². The topological polar surface area (TPSA) is 26.3 Å². The van der Waals surface area contributed by atoms with E-state index in [-0.39, 0.29) is 5.97 Å². The van der Waals surface area contributed by atoms with Crippen molar-refractivity contribution in [2.75, 3.05) is 0 Å². The van der Waals surface area contributed by atoms with Gasteiger partial charge in [-0.15, -0.1) is 0 Å². The van der Waals surface area contributed by atoms with Gasteiger partial charge in [-0.2, -0.15) is 0 Å². The van der Waals surface area contributed by atoms with Gasteiger partial charge in [0.05, 0.1) is 0 Å². The van der Waals surface area contributed by atoms with Crippen molar-refractivity contribution in [1.82, 2.24) is 0 Å². The fourth-order valence-electron chi connectivity index (χ4n) is 0.863. The zero-order valence-electron chi connectivity index (χ0n) is 9.52. The van der Waals surface area contributed by atoms with Crippen molar-refractivity contribution >= 4 is 23.8 Å². The molecule has 0 atom stereocenters. The Labute approximate surface area is 85.0 Å². The van der Waals surface area contributed by atoms with Gasteiger partial charge in [0, 0.05) is 14.5 Å². The molecule has 78 valence electrons. The lowest BCUT2D eigenvalue weighted by Crippen LogP contribution is -2.24. The standard InChI is InChI=1S/C9H22O2Si2/c1-8(2)6-9(10)11-12-7-13(3,4)5/h8H,6-7,12H2,1-5H3.